The smallest absolute Gasteiger partial charge is 0.467 e. The number of ether oxygens (including phenoxy) is 1. The first-order chi connectivity index (χ1) is 12.6. The number of unbranched alkanes of at least 4 members (excludes halogenated alkanes) is 5. The number of hydrogen-bond donors (Lipinski definition) is 1. The molecule has 26 heavy (non-hydrogen) atoms. The second-order valence-corrected chi connectivity index (χ2v) is 9.46. The third-order valence-electron chi connectivity index (χ3n) is 4.53. The molecule has 0 aromatic carbocycles. The SMILES string of the molecule is CCCCCCCCNC(=O)C(CCC[Si](OC)(OC)OC)COC=O. The average molecular weight is 392 g/mol. The molecule has 154 valence electrons. The molecule has 0 aromatic heterocycles. The first-order valence-electron chi connectivity index (χ1n) is 9.57. The highest BCUT2D eigenvalue weighted by atomic mass is 28.4. The fourth-order valence-corrected chi connectivity index (χ4v) is 4.58. The summed E-state index contributed by atoms with van der Waals surface area (Å²) in [4.78, 5) is 22.8. The van der Waals surface area contributed by atoms with Gasteiger partial charge in [0.15, 0.2) is 0 Å². The predicted octanol–water partition coefficient (Wildman–Crippen LogP) is 2.91. The molecule has 0 spiro atoms. The van der Waals surface area contributed by atoms with Crippen LogP contribution in [-0.4, -0.2) is 55.7 Å². The Labute approximate surface area is 159 Å². The van der Waals surface area contributed by atoms with Crippen LogP contribution in [0.15, 0.2) is 0 Å². The monoisotopic (exact) mass is 391 g/mol. The summed E-state index contributed by atoms with van der Waals surface area (Å²) in [6.45, 7) is 3.33. The van der Waals surface area contributed by atoms with Gasteiger partial charge in [-0.2, -0.15) is 0 Å². The normalized spacial score (nSPS) is 12.6. The zero-order valence-corrected chi connectivity index (χ0v) is 17.9. The maximum Gasteiger partial charge on any atom is 0.500 e. The minimum absolute atomic E-state index is 0.0695. The van der Waals surface area contributed by atoms with Crippen molar-refractivity contribution in [3.63, 3.8) is 0 Å². The van der Waals surface area contributed by atoms with Crippen molar-refractivity contribution < 1.29 is 27.6 Å². The molecule has 0 rings (SSSR count). The van der Waals surface area contributed by atoms with Gasteiger partial charge in [0, 0.05) is 33.9 Å². The zero-order valence-electron chi connectivity index (χ0n) is 16.9. The molecule has 1 amide bonds. The second kappa shape index (κ2) is 16.2. The van der Waals surface area contributed by atoms with E-state index in [0.717, 1.165) is 12.8 Å². The van der Waals surface area contributed by atoms with E-state index >= 15 is 0 Å². The number of carbonyl (C=O) groups excluding carboxylic acids is 2. The molecule has 1 atom stereocenters. The van der Waals surface area contributed by atoms with Gasteiger partial charge in [0.1, 0.15) is 6.61 Å². The summed E-state index contributed by atoms with van der Waals surface area (Å²) < 4.78 is 21.0. The lowest BCUT2D eigenvalue weighted by Crippen LogP contribution is -2.43. The lowest BCUT2D eigenvalue weighted by molar-refractivity contribution is -0.134. The van der Waals surface area contributed by atoms with Crippen LogP contribution in [0.1, 0.15) is 58.3 Å². The number of rotatable bonds is 18. The Kier molecular flexibility index (Phi) is 15.6. The van der Waals surface area contributed by atoms with Gasteiger partial charge >= 0.3 is 8.80 Å². The third-order valence-corrected chi connectivity index (χ3v) is 7.37. The molecular formula is C18H37NO6Si. The molecule has 8 heteroatoms. The minimum Gasteiger partial charge on any atom is -0.467 e. The Bertz CT molecular complexity index is 357. The predicted molar refractivity (Wildman–Crippen MR) is 103 cm³/mol. The maximum atomic E-state index is 12.4. The second-order valence-electron chi connectivity index (χ2n) is 6.37. The molecule has 1 unspecified atom stereocenters. The van der Waals surface area contributed by atoms with Gasteiger partial charge in [-0.05, 0) is 19.3 Å². The van der Waals surface area contributed by atoms with Gasteiger partial charge in [0.25, 0.3) is 6.47 Å². The summed E-state index contributed by atoms with van der Waals surface area (Å²) in [5.41, 5.74) is 0. The zero-order chi connectivity index (χ0) is 19.7. The van der Waals surface area contributed by atoms with Crippen LogP contribution in [0.2, 0.25) is 6.04 Å². The Morgan fingerprint density at radius 3 is 2.19 bits per heavy atom. The van der Waals surface area contributed by atoms with Gasteiger partial charge in [-0.1, -0.05) is 39.0 Å². The van der Waals surface area contributed by atoms with Crippen LogP contribution in [-0.2, 0) is 27.6 Å². The molecule has 0 bridgehead atoms. The van der Waals surface area contributed by atoms with Gasteiger partial charge in [-0.25, -0.2) is 0 Å². The molecule has 0 saturated carbocycles. The summed E-state index contributed by atoms with van der Waals surface area (Å²) in [6, 6.07) is 0.610. The van der Waals surface area contributed by atoms with Crippen molar-refractivity contribution >= 4 is 21.2 Å². The number of hydrogen-bond acceptors (Lipinski definition) is 6. The Balaban J connectivity index is 4.23. The van der Waals surface area contributed by atoms with Crippen LogP contribution in [0, 0.1) is 5.92 Å². The van der Waals surface area contributed by atoms with Crippen LogP contribution in [0.5, 0.6) is 0 Å². The van der Waals surface area contributed by atoms with Crippen molar-refractivity contribution in [3.05, 3.63) is 0 Å². The quantitative estimate of drug-likeness (QED) is 0.220. The highest BCUT2D eigenvalue weighted by molar-refractivity contribution is 6.60. The topological polar surface area (TPSA) is 83.1 Å². The summed E-state index contributed by atoms with van der Waals surface area (Å²) in [5, 5.41) is 2.95. The standard InChI is InChI=1S/C18H37NO6Si/c1-5-6-7-8-9-10-13-19-18(21)17(15-25-16-20)12-11-14-26(22-2,23-3)24-4/h16-17H,5-15H2,1-4H3,(H,19,21). The van der Waals surface area contributed by atoms with E-state index in [0.29, 0.717) is 31.9 Å². The van der Waals surface area contributed by atoms with Crippen molar-refractivity contribution in [1.82, 2.24) is 5.32 Å². The third kappa shape index (κ3) is 10.9. The average Bonchev–Trinajstić information content (AvgIpc) is 2.67. The molecular weight excluding hydrogens is 354 g/mol. The molecule has 0 radical (unpaired) electrons. The number of nitrogens with one attached hydrogen (secondary N) is 1. The van der Waals surface area contributed by atoms with Gasteiger partial charge in [0.2, 0.25) is 5.91 Å². The van der Waals surface area contributed by atoms with Crippen molar-refractivity contribution in [2.75, 3.05) is 34.5 Å². The Morgan fingerprint density at radius 2 is 1.62 bits per heavy atom. The van der Waals surface area contributed by atoms with E-state index in [1.807, 2.05) is 0 Å². The lowest BCUT2D eigenvalue weighted by atomic mass is 10.0. The van der Waals surface area contributed by atoms with Crippen molar-refractivity contribution in [2.45, 2.75) is 64.3 Å². The summed E-state index contributed by atoms with van der Waals surface area (Å²) >= 11 is 0. The van der Waals surface area contributed by atoms with E-state index in [4.69, 9.17) is 18.0 Å². The molecule has 0 aliphatic carbocycles. The Hall–Kier alpha value is -0.963. The molecule has 1 N–H and O–H groups in total. The number of amides is 1. The first kappa shape index (κ1) is 25.0. The van der Waals surface area contributed by atoms with E-state index in [-0.39, 0.29) is 18.4 Å². The van der Waals surface area contributed by atoms with E-state index in [1.54, 1.807) is 21.3 Å². The minimum atomic E-state index is -2.64. The van der Waals surface area contributed by atoms with Gasteiger partial charge in [-0.15, -0.1) is 0 Å². The van der Waals surface area contributed by atoms with E-state index in [1.165, 1.54) is 25.7 Å². The molecule has 0 aromatic rings. The molecule has 0 aliphatic heterocycles. The molecule has 0 heterocycles. The molecule has 7 nitrogen and oxygen atoms in total. The van der Waals surface area contributed by atoms with Gasteiger partial charge < -0.3 is 23.3 Å². The van der Waals surface area contributed by atoms with Crippen LogP contribution < -0.4 is 5.32 Å². The maximum absolute atomic E-state index is 12.4. The van der Waals surface area contributed by atoms with Crippen LogP contribution in [0.25, 0.3) is 0 Å². The fraction of sp³-hybridized carbons (Fsp3) is 0.889. The van der Waals surface area contributed by atoms with Crippen molar-refractivity contribution in [3.8, 4) is 0 Å². The van der Waals surface area contributed by atoms with Gasteiger partial charge in [-0.3, -0.25) is 9.59 Å². The lowest BCUT2D eigenvalue weighted by Gasteiger charge is -2.25. The van der Waals surface area contributed by atoms with Crippen LogP contribution in [0.3, 0.4) is 0 Å². The molecule has 0 saturated heterocycles. The molecule has 0 aliphatic rings. The van der Waals surface area contributed by atoms with Crippen LogP contribution in [0.4, 0.5) is 0 Å². The highest BCUT2D eigenvalue weighted by Gasteiger charge is 2.37. The summed E-state index contributed by atoms with van der Waals surface area (Å²) in [7, 11) is 2.07. The fourth-order valence-electron chi connectivity index (χ4n) is 2.83. The first-order valence-corrected chi connectivity index (χ1v) is 11.5. The van der Waals surface area contributed by atoms with Crippen molar-refractivity contribution in [2.24, 2.45) is 5.92 Å². The highest BCUT2D eigenvalue weighted by Crippen LogP contribution is 2.19. The summed E-state index contributed by atoms with van der Waals surface area (Å²) in [6.07, 6.45) is 8.34. The van der Waals surface area contributed by atoms with E-state index in [2.05, 4.69) is 12.2 Å². The largest absolute Gasteiger partial charge is 0.500 e. The summed E-state index contributed by atoms with van der Waals surface area (Å²) in [5.74, 6) is -0.433. The van der Waals surface area contributed by atoms with Crippen molar-refractivity contribution in [1.29, 1.82) is 0 Å². The molecule has 0 fully saturated rings. The van der Waals surface area contributed by atoms with Gasteiger partial charge in [0.05, 0.1) is 5.92 Å². The van der Waals surface area contributed by atoms with E-state index in [9.17, 15) is 9.59 Å². The van der Waals surface area contributed by atoms with E-state index < -0.39 is 8.80 Å². The number of carbonyl (C=O) groups is 2. The Morgan fingerprint density at radius 1 is 1.00 bits per heavy atom. The van der Waals surface area contributed by atoms with Crippen LogP contribution >= 0.6 is 0 Å².